The van der Waals surface area contributed by atoms with E-state index >= 15 is 0 Å². The van der Waals surface area contributed by atoms with Crippen LogP contribution in [0.3, 0.4) is 0 Å². The normalized spacial score (nSPS) is 20.9. The molecule has 0 aromatic rings. The van der Waals surface area contributed by atoms with E-state index in [1.807, 2.05) is 0 Å². The molecule has 0 amide bonds. The lowest BCUT2D eigenvalue weighted by Crippen LogP contribution is -2.17. The highest BCUT2D eigenvalue weighted by Crippen LogP contribution is 2.28. The van der Waals surface area contributed by atoms with Gasteiger partial charge in [-0.05, 0) is 31.6 Å². The molecule has 1 fully saturated rings. The van der Waals surface area contributed by atoms with Gasteiger partial charge in [0.2, 0.25) is 0 Å². The van der Waals surface area contributed by atoms with Gasteiger partial charge in [-0.2, -0.15) is 0 Å². The minimum atomic E-state index is 0.0158. The number of aliphatic hydroxyl groups excluding tert-OH is 1. The third kappa shape index (κ3) is 14.8. The monoisotopic (exact) mass is 352 g/mol. The van der Waals surface area contributed by atoms with Gasteiger partial charge in [0.25, 0.3) is 0 Å². The van der Waals surface area contributed by atoms with Crippen molar-refractivity contribution in [3.8, 4) is 0 Å². The molecule has 0 unspecified atom stereocenters. The summed E-state index contributed by atoms with van der Waals surface area (Å²) in [6.07, 6.45) is 29.4. The van der Waals surface area contributed by atoms with Crippen LogP contribution in [0.25, 0.3) is 0 Å². The van der Waals surface area contributed by atoms with Crippen molar-refractivity contribution in [2.75, 3.05) is 0 Å². The van der Waals surface area contributed by atoms with Gasteiger partial charge >= 0.3 is 0 Å². The van der Waals surface area contributed by atoms with Crippen LogP contribution >= 0.6 is 0 Å². The highest BCUT2D eigenvalue weighted by atomic mass is 16.3. The van der Waals surface area contributed by atoms with Gasteiger partial charge in [0.05, 0.1) is 6.10 Å². The van der Waals surface area contributed by atoms with Crippen molar-refractivity contribution >= 4 is 0 Å². The molecule has 1 aliphatic carbocycles. The summed E-state index contributed by atoms with van der Waals surface area (Å²) in [5, 5.41) is 9.54. The fraction of sp³-hybridized carbons (Fsp3) is 1.00. The molecular formula is C24H48O. The first-order chi connectivity index (χ1) is 12.3. The lowest BCUT2D eigenvalue weighted by molar-refractivity contribution is 0.106. The molecule has 1 heteroatoms. The van der Waals surface area contributed by atoms with Crippen molar-refractivity contribution < 1.29 is 5.11 Å². The minimum absolute atomic E-state index is 0.0158. The second-order valence-electron chi connectivity index (χ2n) is 8.77. The van der Waals surface area contributed by atoms with E-state index < -0.39 is 0 Å². The molecule has 150 valence electrons. The number of hydrogen-bond acceptors (Lipinski definition) is 1. The van der Waals surface area contributed by atoms with E-state index in [0.717, 1.165) is 18.8 Å². The quantitative estimate of drug-likeness (QED) is 0.262. The van der Waals surface area contributed by atoms with Crippen molar-refractivity contribution in [2.24, 2.45) is 5.92 Å². The van der Waals surface area contributed by atoms with Crippen LogP contribution in [-0.2, 0) is 0 Å². The zero-order valence-corrected chi connectivity index (χ0v) is 17.5. The van der Waals surface area contributed by atoms with E-state index in [-0.39, 0.29) is 6.10 Å². The Hall–Kier alpha value is -0.0400. The van der Waals surface area contributed by atoms with Crippen molar-refractivity contribution in [1.29, 1.82) is 0 Å². The fourth-order valence-corrected chi connectivity index (χ4v) is 4.41. The average molecular weight is 353 g/mol. The Balaban J connectivity index is 1.68. The van der Waals surface area contributed by atoms with E-state index in [9.17, 15) is 5.11 Å². The van der Waals surface area contributed by atoms with Crippen molar-refractivity contribution in [3.63, 3.8) is 0 Å². The van der Waals surface area contributed by atoms with Gasteiger partial charge < -0.3 is 5.11 Å². The molecule has 0 atom stereocenters. The second kappa shape index (κ2) is 17.4. The van der Waals surface area contributed by atoms with Crippen LogP contribution in [0.5, 0.6) is 0 Å². The molecule has 1 rings (SSSR count). The third-order valence-corrected chi connectivity index (χ3v) is 6.28. The Labute approximate surface area is 159 Å². The molecule has 1 aliphatic rings. The Morgan fingerprint density at radius 1 is 0.520 bits per heavy atom. The minimum Gasteiger partial charge on any atom is -0.393 e. The Kier molecular flexibility index (Phi) is 16.0. The molecule has 0 heterocycles. The van der Waals surface area contributed by atoms with E-state index in [2.05, 4.69) is 6.92 Å². The molecule has 0 aliphatic heterocycles. The first-order valence-corrected chi connectivity index (χ1v) is 12.0. The Bertz CT molecular complexity index is 255. The van der Waals surface area contributed by atoms with E-state index in [1.54, 1.807) is 0 Å². The zero-order valence-electron chi connectivity index (χ0n) is 17.5. The average Bonchev–Trinajstić information content (AvgIpc) is 2.63. The molecule has 1 saturated carbocycles. The summed E-state index contributed by atoms with van der Waals surface area (Å²) in [7, 11) is 0. The summed E-state index contributed by atoms with van der Waals surface area (Å²) in [4.78, 5) is 0. The highest BCUT2D eigenvalue weighted by Gasteiger charge is 2.18. The van der Waals surface area contributed by atoms with Crippen molar-refractivity contribution in [2.45, 2.75) is 148 Å². The largest absolute Gasteiger partial charge is 0.393 e. The number of aliphatic hydroxyl groups is 1. The van der Waals surface area contributed by atoms with Gasteiger partial charge in [0.15, 0.2) is 0 Å². The lowest BCUT2D eigenvalue weighted by atomic mass is 9.84. The smallest absolute Gasteiger partial charge is 0.0540 e. The topological polar surface area (TPSA) is 20.2 Å². The number of unbranched alkanes of at least 4 members (excludes halogenated alkanes) is 15. The molecule has 0 aromatic heterocycles. The van der Waals surface area contributed by atoms with E-state index in [0.29, 0.717) is 0 Å². The Morgan fingerprint density at radius 2 is 0.880 bits per heavy atom. The Morgan fingerprint density at radius 3 is 1.28 bits per heavy atom. The maximum atomic E-state index is 9.54. The van der Waals surface area contributed by atoms with Crippen LogP contribution in [0, 0.1) is 5.92 Å². The fourth-order valence-electron chi connectivity index (χ4n) is 4.41. The lowest BCUT2D eigenvalue weighted by Gasteiger charge is -2.25. The van der Waals surface area contributed by atoms with E-state index in [1.165, 1.54) is 122 Å². The van der Waals surface area contributed by atoms with Gasteiger partial charge in [0, 0.05) is 0 Å². The maximum absolute atomic E-state index is 9.54. The van der Waals surface area contributed by atoms with Crippen LogP contribution in [0.2, 0.25) is 0 Å². The van der Waals surface area contributed by atoms with Crippen LogP contribution in [0.4, 0.5) is 0 Å². The molecule has 25 heavy (non-hydrogen) atoms. The summed E-state index contributed by atoms with van der Waals surface area (Å²) in [5.41, 5.74) is 0. The zero-order chi connectivity index (χ0) is 18.0. The van der Waals surface area contributed by atoms with Crippen molar-refractivity contribution in [3.05, 3.63) is 0 Å². The van der Waals surface area contributed by atoms with Gasteiger partial charge in [-0.15, -0.1) is 0 Å². The predicted molar refractivity (Wildman–Crippen MR) is 112 cm³/mol. The summed E-state index contributed by atoms with van der Waals surface area (Å²) >= 11 is 0. The first kappa shape index (κ1) is 23.0. The molecule has 0 bridgehead atoms. The molecule has 1 N–H and O–H groups in total. The van der Waals surface area contributed by atoms with Crippen LogP contribution in [0.1, 0.15) is 142 Å². The molecule has 1 nitrogen and oxygen atoms in total. The van der Waals surface area contributed by atoms with Crippen LogP contribution in [0.15, 0.2) is 0 Å². The molecule has 0 spiro atoms. The van der Waals surface area contributed by atoms with Gasteiger partial charge in [-0.1, -0.05) is 116 Å². The standard InChI is InChI=1S/C24H48O/c1-2-3-4-5-6-7-8-9-10-11-12-13-14-15-16-17-18-23-19-21-24(25)22-20-23/h23-25H,2-22H2,1H3. The molecular weight excluding hydrogens is 304 g/mol. The van der Waals surface area contributed by atoms with Crippen molar-refractivity contribution in [1.82, 2.24) is 0 Å². The van der Waals surface area contributed by atoms with Crippen LogP contribution < -0.4 is 0 Å². The second-order valence-corrected chi connectivity index (χ2v) is 8.77. The maximum Gasteiger partial charge on any atom is 0.0540 e. The molecule has 0 aromatic carbocycles. The molecule has 0 saturated heterocycles. The summed E-state index contributed by atoms with van der Waals surface area (Å²) in [6.45, 7) is 2.30. The SMILES string of the molecule is CCCCCCCCCCCCCCCCCCC1CCC(O)CC1. The summed E-state index contributed by atoms with van der Waals surface area (Å²) in [5.74, 6) is 0.926. The van der Waals surface area contributed by atoms with Gasteiger partial charge in [-0.25, -0.2) is 0 Å². The highest BCUT2D eigenvalue weighted by molar-refractivity contribution is 4.71. The summed E-state index contributed by atoms with van der Waals surface area (Å²) in [6, 6.07) is 0. The first-order valence-electron chi connectivity index (χ1n) is 12.0. The van der Waals surface area contributed by atoms with Gasteiger partial charge in [0.1, 0.15) is 0 Å². The third-order valence-electron chi connectivity index (χ3n) is 6.28. The van der Waals surface area contributed by atoms with Gasteiger partial charge in [-0.3, -0.25) is 0 Å². The summed E-state index contributed by atoms with van der Waals surface area (Å²) < 4.78 is 0. The predicted octanol–water partition coefficient (Wildman–Crippen LogP) is 8.19. The number of hydrogen-bond donors (Lipinski definition) is 1. The van der Waals surface area contributed by atoms with Crippen LogP contribution in [-0.4, -0.2) is 11.2 Å². The molecule has 0 radical (unpaired) electrons. The van der Waals surface area contributed by atoms with E-state index in [4.69, 9.17) is 0 Å². The number of rotatable bonds is 17.